The zero-order valence-corrected chi connectivity index (χ0v) is 23.7. The Labute approximate surface area is 207 Å². The minimum absolute atomic E-state index is 0.210. The molecule has 0 spiro atoms. The molecule has 0 aliphatic rings. The van der Waals surface area contributed by atoms with Crippen molar-refractivity contribution in [1.29, 1.82) is 0 Å². The molecule has 0 atom stereocenters. The first-order chi connectivity index (χ1) is 15.2. The zero-order valence-electron chi connectivity index (χ0n) is 21.9. The molecule has 1 aromatic carbocycles. The zero-order chi connectivity index (χ0) is 27.5. The van der Waals surface area contributed by atoms with E-state index in [2.05, 4.69) is 84.8 Å². The number of benzene rings is 1. The van der Waals surface area contributed by atoms with Gasteiger partial charge in [0.2, 0.25) is 0 Å². The molecule has 0 aromatic heterocycles. The molecule has 0 fully saturated rings. The van der Waals surface area contributed by atoms with E-state index in [1.807, 2.05) is 0 Å². The SMILES string of the molecule is CC(C)(C)c1cc(C(C)(C)C)cc(C(C)(C)C)c1.OCC(CO)(CO)CO.OP(O)OP(O)O. The van der Waals surface area contributed by atoms with E-state index in [1.165, 1.54) is 16.7 Å². The van der Waals surface area contributed by atoms with Crippen LogP contribution in [0.15, 0.2) is 18.2 Å². The number of hydrogen-bond donors (Lipinski definition) is 8. The number of aliphatic hydroxyl groups excluding tert-OH is 4. The quantitative estimate of drug-likeness (QED) is 0.259. The molecule has 0 saturated heterocycles. The molecule has 1 aromatic rings. The van der Waals surface area contributed by atoms with Crippen molar-refractivity contribution in [2.45, 2.75) is 78.6 Å². The summed E-state index contributed by atoms with van der Waals surface area (Å²) in [6, 6.07) is 7.15. The molecule has 0 aliphatic heterocycles. The highest BCUT2D eigenvalue weighted by atomic mass is 31.2. The number of aliphatic hydroxyl groups is 4. The summed E-state index contributed by atoms with van der Waals surface area (Å²) in [6.45, 7) is 19.0. The summed E-state index contributed by atoms with van der Waals surface area (Å²) in [4.78, 5) is 31.3. The fourth-order valence-electron chi connectivity index (χ4n) is 2.29. The third-order valence-corrected chi connectivity index (χ3v) is 6.19. The largest absolute Gasteiger partial charge is 0.396 e. The van der Waals surface area contributed by atoms with Crippen molar-refractivity contribution in [3.63, 3.8) is 0 Å². The van der Waals surface area contributed by atoms with Gasteiger partial charge in [-0.3, -0.25) is 0 Å². The second kappa shape index (κ2) is 15.1. The van der Waals surface area contributed by atoms with Crippen molar-refractivity contribution in [1.82, 2.24) is 0 Å². The molecule has 202 valence electrons. The third kappa shape index (κ3) is 14.3. The van der Waals surface area contributed by atoms with Crippen LogP contribution in [0, 0.1) is 5.41 Å². The Hall–Kier alpha value is -0.280. The monoisotopic (exact) mass is 528 g/mol. The van der Waals surface area contributed by atoms with Gasteiger partial charge in [0.05, 0.1) is 31.8 Å². The van der Waals surface area contributed by atoms with Gasteiger partial charge in [-0.15, -0.1) is 0 Å². The Balaban J connectivity index is 0. The van der Waals surface area contributed by atoms with Gasteiger partial charge in [0.1, 0.15) is 0 Å². The van der Waals surface area contributed by atoms with Crippen LogP contribution in [0.2, 0.25) is 0 Å². The smallest absolute Gasteiger partial charge is 0.334 e. The Bertz CT molecular complexity index is 585. The topological polar surface area (TPSA) is 171 Å². The Kier molecular flexibility index (Phi) is 15.9. The summed E-state index contributed by atoms with van der Waals surface area (Å²) in [5.41, 5.74) is 3.85. The van der Waals surface area contributed by atoms with Gasteiger partial charge in [0.15, 0.2) is 0 Å². The molecule has 0 aliphatic carbocycles. The molecule has 0 bridgehead atoms. The summed E-state index contributed by atoms with van der Waals surface area (Å²) in [7, 11) is -5.22. The van der Waals surface area contributed by atoms with Gasteiger partial charge in [0.25, 0.3) is 0 Å². The average molecular weight is 529 g/mol. The van der Waals surface area contributed by atoms with Crippen molar-refractivity contribution in [2.75, 3.05) is 26.4 Å². The van der Waals surface area contributed by atoms with Gasteiger partial charge in [0, 0.05) is 0 Å². The summed E-state index contributed by atoms with van der Waals surface area (Å²) < 4.78 is 3.60. The predicted octanol–water partition coefficient (Wildman–Crippen LogP) is 2.95. The lowest BCUT2D eigenvalue weighted by Crippen LogP contribution is -2.37. The first-order valence-electron chi connectivity index (χ1n) is 10.8. The Morgan fingerprint density at radius 2 is 0.735 bits per heavy atom. The third-order valence-electron chi connectivity index (χ3n) is 5.02. The molecular weight excluding hydrogens is 482 g/mol. The van der Waals surface area contributed by atoms with Crippen LogP contribution in [0.3, 0.4) is 0 Å². The lowest BCUT2D eigenvalue weighted by atomic mass is 9.76. The highest BCUT2D eigenvalue weighted by Gasteiger charge is 2.26. The molecule has 0 saturated carbocycles. The Morgan fingerprint density at radius 1 is 0.529 bits per heavy atom. The summed E-state index contributed by atoms with van der Waals surface area (Å²) in [5, 5.41) is 34.0. The molecule has 0 heterocycles. The summed E-state index contributed by atoms with van der Waals surface area (Å²) in [5.74, 6) is 0. The molecular formula is C23H46O9P2. The minimum atomic E-state index is -2.61. The van der Waals surface area contributed by atoms with Gasteiger partial charge >= 0.3 is 17.2 Å². The normalized spacial score (nSPS) is 12.8. The van der Waals surface area contributed by atoms with Crippen LogP contribution in [-0.4, -0.2) is 66.4 Å². The van der Waals surface area contributed by atoms with E-state index in [-0.39, 0.29) is 16.2 Å². The predicted molar refractivity (Wildman–Crippen MR) is 137 cm³/mol. The van der Waals surface area contributed by atoms with Crippen molar-refractivity contribution in [2.24, 2.45) is 5.41 Å². The molecule has 0 amide bonds. The van der Waals surface area contributed by atoms with E-state index in [9.17, 15) is 0 Å². The lowest BCUT2D eigenvalue weighted by molar-refractivity contribution is -0.0328. The number of rotatable bonds is 6. The van der Waals surface area contributed by atoms with Gasteiger partial charge in [-0.1, -0.05) is 80.5 Å². The fraction of sp³-hybridized carbons (Fsp3) is 0.739. The van der Waals surface area contributed by atoms with Crippen molar-refractivity contribution < 1.29 is 44.3 Å². The van der Waals surface area contributed by atoms with Crippen molar-refractivity contribution in [3.8, 4) is 0 Å². The fourth-order valence-corrected chi connectivity index (χ4v) is 2.81. The van der Waals surface area contributed by atoms with E-state index in [4.69, 9.17) is 40.0 Å². The molecule has 11 heteroatoms. The summed E-state index contributed by atoms with van der Waals surface area (Å²) >= 11 is 0. The molecule has 34 heavy (non-hydrogen) atoms. The van der Waals surface area contributed by atoms with Crippen LogP contribution in [0.25, 0.3) is 0 Å². The highest BCUT2D eigenvalue weighted by Crippen LogP contribution is 2.41. The van der Waals surface area contributed by atoms with Crippen LogP contribution in [-0.2, 0) is 20.6 Å². The van der Waals surface area contributed by atoms with Gasteiger partial charge in [-0.05, 0) is 32.9 Å². The van der Waals surface area contributed by atoms with Gasteiger partial charge in [-0.25, -0.2) is 4.31 Å². The van der Waals surface area contributed by atoms with Gasteiger partial charge in [-0.2, -0.15) is 0 Å². The molecule has 8 N–H and O–H groups in total. The van der Waals surface area contributed by atoms with E-state index in [0.29, 0.717) is 0 Å². The molecule has 0 radical (unpaired) electrons. The van der Waals surface area contributed by atoms with Crippen molar-refractivity contribution >= 4 is 17.2 Å². The van der Waals surface area contributed by atoms with Crippen LogP contribution < -0.4 is 0 Å². The van der Waals surface area contributed by atoms with E-state index < -0.39 is 49.0 Å². The van der Waals surface area contributed by atoms with E-state index in [1.54, 1.807) is 0 Å². The Morgan fingerprint density at radius 3 is 0.794 bits per heavy atom. The standard InChI is InChI=1S/C18H30.C5H12O4.H4O5P2/c1-16(2,3)13-10-14(17(4,5)6)12-15(11-13)18(7,8)9;6-1-5(2-7,3-8)4-9;1-6(2)5-7(3)4/h10-12H,1-9H3;6-9H,1-4H2;1-4H. The van der Waals surface area contributed by atoms with Crippen molar-refractivity contribution in [3.05, 3.63) is 34.9 Å². The number of hydrogen-bond acceptors (Lipinski definition) is 9. The average Bonchev–Trinajstić information content (AvgIpc) is 2.68. The second-order valence-corrected chi connectivity index (χ2v) is 12.9. The molecule has 9 nitrogen and oxygen atoms in total. The van der Waals surface area contributed by atoms with Crippen LogP contribution >= 0.6 is 17.2 Å². The first-order valence-corrected chi connectivity index (χ1v) is 13.2. The second-order valence-electron chi connectivity index (χ2n) is 11.3. The van der Waals surface area contributed by atoms with E-state index in [0.717, 1.165) is 0 Å². The molecule has 0 unspecified atom stereocenters. The lowest BCUT2D eigenvalue weighted by Gasteiger charge is -2.29. The summed E-state index contributed by atoms with van der Waals surface area (Å²) in [6.07, 6.45) is 0. The van der Waals surface area contributed by atoms with Crippen LogP contribution in [0.1, 0.15) is 79.0 Å². The van der Waals surface area contributed by atoms with Gasteiger partial charge < -0.3 is 40.0 Å². The molecule has 1 rings (SSSR count). The maximum Gasteiger partial charge on any atom is 0.334 e. The van der Waals surface area contributed by atoms with Crippen LogP contribution in [0.5, 0.6) is 0 Å². The van der Waals surface area contributed by atoms with E-state index >= 15 is 0 Å². The minimum Gasteiger partial charge on any atom is -0.396 e. The van der Waals surface area contributed by atoms with Crippen LogP contribution in [0.4, 0.5) is 0 Å². The highest BCUT2D eigenvalue weighted by molar-refractivity contribution is 7.53. The first kappa shape index (κ1) is 35.9. The maximum absolute atomic E-state index is 8.50. The maximum atomic E-state index is 8.50.